The van der Waals surface area contributed by atoms with Crippen molar-refractivity contribution in [3.8, 4) is 0 Å². The van der Waals surface area contributed by atoms with Crippen LogP contribution in [-0.2, 0) is 11.3 Å². The lowest BCUT2D eigenvalue weighted by molar-refractivity contribution is 0.0465. The number of nitrogens with two attached hydrogens (primary N) is 1. The van der Waals surface area contributed by atoms with Gasteiger partial charge in [-0.25, -0.2) is 14.8 Å². The zero-order valence-electron chi connectivity index (χ0n) is 17.9. The molecule has 1 aliphatic rings. The van der Waals surface area contributed by atoms with E-state index in [0.717, 1.165) is 28.5 Å². The van der Waals surface area contributed by atoms with Crippen molar-refractivity contribution >= 4 is 52.9 Å². The first-order chi connectivity index (χ1) is 13.5. The Morgan fingerprint density at radius 1 is 1.45 bits per heavy atom. The van der Waals surface area contributed by atoms with Gasteiger partial charge in [0, 0.05) is 6.54 Å². The van der Waals surface area contributed by atoms with Crippen molar-refractivity contribution in [3.63, 3.8) is 0 Å². The van der Waals surface area contributed by atoms with E-state index in [2.05, 4.69) is 22.9 Å². The Morgan fingerprint density at radius 2 is 2.14 bits per heavy atom. The first-order valence-electron chi connectivity index (χ1n) is 9.63. The Kier molecular flexibility index (Phi) is 7.87. The lowest BCUT2D eigenvalue weighted by atomic mass is 10.1. The largest absolute Gasteiger partial charge is 0.444 e. The van der Waals surface area contributed by atoms with Gasteiger partial charge in [0.1, 0.15) is 17.6 Å². The molecule has 9 heteroatoms. The summed E-state index contributed by atoms with van der Waals surface area (Å²) in [6.07, 6.45) is -0.788. The quantitative estimate of drug-likeness (QED) is 0.360. The molecule has 1 aromatic rings. The topological polar surface area (TPSA) is 92.3 Å². The summed E-state index contributed by atoms with van der Waals surface area (Å²) < 4.78 is 5.38. The Morgan fingerprint density at radius 3 is 2.72 bits per heavy atom. The van der Waals surface area contributed by atoms with Gasteiger partial charge in [-0.1, -0.05) is 18.7 Å². The number of fused-ring (bicyclic) bond motifs is 1. The number of carbonyl (C=O) groups is 1. The Bertz CT molecular complexity index is 803. The number of hydrogen-bond acceptors (Lipinski definition) is 7. The van der Waals surface area contributed by atoms with Crippen molar-refractivity contribution in [2.24, 2.45) is 15.7 Å². The second kappa shape index (κ2) is 9.75. The van der Waals surface area contributed by atoms with Crippen molar-refractivity contribution < 1.29 is 9.53 Å². The van der Waals surface area contributed by atoms with E-state index in [1.165, 1.54) is 11.8 Å². The van der Waals surface area contributed by atoms with Gasteiger partial charge in [-0.15, -0.1) is 0 Å². The van der Waals surface area contributed by atoms with Crippen molar-refractivity contribution in [1.29, 1.82) is 0 Å². The number of thioether (sulfide) groups is 1. The maximum atomic E-state index is 12.2. The van der Waals surface area contributed by atoms with Crippen molar-refractivity contribution in [2.45, 2.75) is 65.1 Å². The molecule has 2 unspecified atom stereocenters. The zero-order chi connectivity index (χ0) is 21.8. The molecule has 1 aliphatic heterocycles. The number of nitrogens with zero attached hydrogens (tertiary/aromatic N) is 3. The van der Waals surface area contributed by atoms with Gasteiger partial charge < -0.3 is 20.7 Å². The molecule has 160 valence electrons. The number of nitrogens with one attached hydrogen (secondary N) is 1. The second-order valence-corrected chi connectivity index (χ2v) is 9.85. The zero-order valence-corrected chi connectivity index (χ0v) is 19.6. The van der Waals surface area contributed by atoms with E-state index >= 15 is 0 Å². The predicted octanol–water partition coefficient (Wildman–Crippen LogP) is 4.42. The molecule has 0 saturated carbocycles. The predicted molar refractivity (Wildman–Crippen MR) is 126 cm³/mol. The first-order valence-corrected chi connectivity index (χ1v) is 11.1. The average molecular weight is 438 g/mol. The van der Waals surface area contributed by atoms with Crippen LogP contribution >= 0.6 is 24.4 Å². The van der Waals surface area contributed by atoms with E-state index in [0.29, 0.717) is 11.7 Å². The summed E-state index contributed by atoms with van der Waals surface area (Å²) >= 11 is 6.08. The van der Waals surface area contributed by atoms with Gasteiger partial charge in [0.05, 0.1) is 16.6 Å². The lowest BCUT2D eigenvalue weighted by Crippen LogP contribution is -2.52. The molecule has 0 fully saturated rings. The highest BCUT2D eigenvalue weighted by molar-refractivity contribution is 8.13. The van der Waals surface area contributed by atoms with Gasteiger partial charge in [-0.3, -0.25) is 0 Å². The Balaban J connectivity index is 2.26. The molecule has 0 spiro atoms. The van der Waals surface area contributed by atoms with Gasteiger partial charge in [-0.05, 0) is 64.1 Å². The first kappa shape index (κ1) is 23.4. The number of hydrogen-bond donors (Lipinski definition) is 3. The van der Waals surface area contributed by atoms with Crippen molar-refractivity contribution in [2.75, 3.05) is 5.75 Å². The van der Waals surface area contributed by atoms with E-state index in [4.69, 9.17) is 15.5 Å². The second-order valence-electron chi connectivity index (χ2n) is 7.79. The molecule has 2 atom stereocenters. The lowest BCUT2D eigenvalue weighted by Gasteiger charge is -2.37. The van der Waals surface area contributed by atoms with Crippen molar-refractivity contribution in [3.05, 3.63) is 23.8 Å². The van der Waals surface area contributed by atoms with Crippen LogP contribution in [0, 0.1) is 0 Å². The molecule has 0 aromatic heterocycles. The van der Waals surface area contributed by atoms with Crippen LogP contribution in [0.3, 0.4) is 0 Å². The van der Waals surface area contributed by atoms with Gasteiger partial charge in [0.25, 0.3) is 0 Å². The highest BCUT2D eigenvalue weighted by atomic mass is 32.2. The summed E-state index contributed by atoms with van der Waals surface area (Å²) in [6.45, 7) is 12.0. The number of amidine groups is 2. The fourth-order valence-electron chi connectivity index (χ4n) is 2.86. The number of aliphatic imine (C=N–C) groups is 2. The molecule has 3 N–H and O–H groups in total. The van der Waals surface area contributed by atoms with Crippen LogP contribution in [0.1, 0.15) is 47.1 Å². The summed E-state index contributed by atoms with van der Waals surface area (Å²) in [5, 5.41) is 3.32. The number of rotatable bonds is 5. The van der Waals surface area contributed by atoms with E-state index in [-0.39, 0.29) is 11.4 Å². The van der Waals surface area contributed by atoms with Crippen LogP contribution in [0.4, 0.5) is 16.2 Å². The highest BCUT2D eigenvalue weighted by Gasteiger charge is 2.28. The highest BCUT2D eigenvalue weighted by Crippen LogP contribution is 2.32. The smallest absolute Gasteiger partial charge is 0.409 e. The van der Waals surface area contributed by atoms with Gasteiger partial charge in [0.2, 0.25) is 0 Å². The SMILES string of the molecule is CCSC(N)=Nc1ccc2c(c1)CN(C(C)NC(=O)OC(C)(C)C)C(C(C)S)=N2. The number of benzene rings is 1. The number of ether oxygens (including phenoxy) is 1. The number of amides is 1. The standard InChI is InChI=1S/C20H31N5O2S2/c1-7-29-18(21)23-15-8-9-16-14(10-15)11-25(17(24-16)12(2)28)13(3)22-19(26)27-20(4,5)6/h8-10,12-13,28H,7,11H2,1-6H3,(H2,21,23)(H,22,26). The molecule has 1 heterocycles. The van der Waals surface area contributed by atoms with Crippen LogP contribution in [-0.4, -0.2) is 44.8 Å². The van der Waals surface area contributed by atoms with Crippen LogP contribution in [0.15, 0.2) is 28.2 Å². The molecule has 0 radical (unpaired) electrons. The van der Waals surface area contributed by atoms with E-state index in [1.54, 1.807) is 0 Å². The Labute approximate surface area is 183 Å². The van der Waals surface area contributed by atoms with Crippen LogP contribution in [0.5, 0.6) is 0 Å². The molecule has 0 saturated heterocycles. The summed E-state index contributed by atoms with van der Waals surface area (Å²) in [5.74, 6) is 1.66. The van der Waals surface area contributed by atoms with Gasteiger partial charge >= 0.3 is 6.09 Å². The maximum Gasteiger partial charge on any atom is 0.409 e. The van der Waals surface area contributed by atoms with Crippen LogP contribution < -0.4 is 11.1 Å². The number of thiol groups is 1. The minimum absolute atomic E-state index is 0.0969. The normalized spacial score (nSPS) is 16.6. The number of carbonyl (C=O) groups excluding carboxylic acids is 1. The van der Waals surface area contributed by atoms with Crippen LogP contribution in [0.25, 0.3) is 0 Å². The molecular formula is C20H31N5O2S2. The third-order valence-electron chi connectivity index (χ3n) is 4.03. The summed E-state index contributed by atoms with van der Waals surface area (Å²) in [5.41, 5.74) is 8.05. The monoisotopic (exact) mass is 437 g/mol. The third-order valence-corrected chi connectivity index (χ3v) is 4.94. The third kappa shape index (κ3) is 6.85. The number of alkyl carbamates (subject to hydrolysis) is 1. The summed E-state index contributed by atoms with van der Waals surface area (Å²) in [7, 11) is 0. The molecule has 0 aliphatic carbocycles. The van der Waals surface area contributed by atoms with Gasteiger partial charge in [-0.2, -0.15) is 12.6 Å². The fourth-order valence-corrected chi connectivity index (χ4v) is 3.53. The van der Waals surface area contributed by atoms with Crippen LogP contribution in [0.2, 0.25) is 0 Å². The average Bonchev–Trinajstić information content (AvgIpc) is 2.58. The minimum atomic E-state index is -0.560. The molecule has 2 rings (SSSR count). The van der Waals surface area contributed by atoms with Crippen molar-refractivity contribution in [1.82, 2.24) is 10.2 Å². The molecule has 7 nitrogen and oxygen atoms in total. The van der Waals surface area contributed by atoms with E-state index in [1.807, 2.05) is 64.6 Å². The fraction of sp³-hybridized carbons (Fsp3) is 0.550. The summed E-state index contributed by atoms with van der Waals surface area (Å²) in [6, 6.07) is 5.83. The van der Waals surface area contributed by atoms with E-state index < -0.39 is 11.7 Å². The minimum Gasteiger partial charge on any atom is -0.444 e. The Hall–Kier alpha value is -1.87. The molecule has 1 amide bonds. The molecule has 29 heavy (non-hydrogen) atoms. The summed E-state index contributed by atoms with van der Waals surface area (Å²) in [4.78, 5) is 23.5. The maximum absolute atomic E-state index is 12.2. The molecular weight excluding hydrogens is 406 g/mol. The molecule has 0 bridgehead atoms. The van der Waals surface area contributed by atoms with Gasteiger partial charge in [0.15, 0.2) is 5.17 Å². The van der Waals surface area contributed by atoms with E-state index in [9.17, 15) is 4.79 Å². The molecule has 1 aromatic carbocycles.